The Kier molecular flexibility index (Phi) is 5.38. The Bertz CT molecular complexity index is 1070. The van der Waals surface area contributed by atoms with Gasteiger partial charge < -0.3 is 5.32 Å². The lowest BCUT2D eigenvalue weighted by Gasteiger charge is -2.38. The number of hydrogen-bond acceptors (Lipinski definition) is 3. The van der Waals surface area contributed by atoms with E-state index in [0.717, 1.165) is 53.9 Å². The summed E-state index contributed by atoms with van der Waals surface area (Å²) in [7, 11) is -3.46. The third-order valence-corrected chi connectivity index (χ3v) is 9.02. The highest BCUT2D eigenvalue weighted by molar-refractivity contribution is 7.89. The maximum absolute atomic E-state index is 13.3. The summed E-state index contributed by atoms with van der Waals surface area (Å²) in [5.41, 5.74) is 3.18. The molecule has 0 aromatic heterocycles. The molecule has 30 heavy (non-hydrogen) atoms. The van der Waals surface area contributed by atoms with Gasteiger partial charge in [0.15, 0.2) is 0 Å². The molecule has 0 saturated carbocycles. The fourth-order valence-corrected chi connectivity index (χ4v) is 7.01. The summed E-state index contributed by atoms with van der Waals surface area (Å²) < 4.78 is 28.3. The lowest BCUT2D eigenvalue weighted by molar-refractivity contribution is 0.420. The fourth-order valence-electron chi connectivity index (χ4n) is 5.20. The number of nitrogens with zero attached hydrogens (tertiary/aromatic N) is 1. The van der Waals surface area contributed by atoms with E-state index in [1.807, 2.05) is 30.3 Å². The van der Waals surface area contributed by atoms with Crippen molar-refractivity contribution < 1.29 is 8.42 Å². The second-order valence-corrected chi connectivity index (χ2v) is 10.9. The van der Waals surface area contributed by atoms with Crippen molar-refractivity contribution in [1.82, 2.24) is 4.31 Å². The normalized spacial score (nSPS) is 26.5. The Morgan fingerprint density at radius 3 is 2.50 bits per heavy atom. The van der Waals surface area contributed by atoms with Crippen molar-refractivity contribution in [1.29, 1.82) is 0 Å². The predicted molar refractivity (Wildman–Crippen MR) is 121 cm³/mol. The molecule has 0 bridgehead atoms. The molecule has 0 radical (unpaired) electrons. The zero-order chi connectivity index (χ0) is 20.7. The molecule has 1 N–H and O–H groups in total. The Morgan fingerprint density at radius 1 is 0.967 bits per heavy atom. The number of hydrogen-bond donors (Lipinski definition) is 1. The third kappa shape index (κ3) is 3.47. The quantitative estimate of drug-likeness (QED) is 0.617. The maximum Gasteiger partial charge on any atom is 0.243 e. The Morgan fingerprint density at radius 2 is 1.73 bits per heavy atom. The van der Waals surface area contributed by atoms with Crippen molar-refractivity contribution in [2.24, 2.45) is 5.92 Å². The van der Waals surface area contributed by atoms with Crippen molar-refractivity contribution in [2.75, 3.05) is 18.4 Å². The Balaban J connectivity index is 1.51. The minimum absolute atomic E-state index is 0.110. The Labute approximate surface area is 184 Å². The van der Waals surface area contributed by atoms with Gasteiger partial charge in [-0.05, 0) is 60.6 Å². The number of rotatable bonds is 3. The summed E-state index contributed by atoms with van der Waals surface area (Å²) >= 11 is 6.51. The molecule has 3 unspecified atom stereocenters. The highest BCUT2D eigenvalue weighted by atomic mass is 35.5. The zero-order valence-corrected chi connectivity index (χ0v) is 18.5. The van der Waals surface area contributed by atoms with Crippen molar-refractivity contribution in [3.63, 3.8) is 0 Å². The van der Waals surface area contributed by atoms with Crippen LogP contribution in [-0.4, -0.2) is 25.8 Å². The average Bonchev–Trinajstić information content (AvgIpc) is 3.08. The van der Waals surface area contributed by atoms with Gasteiger partial charge in [0.1, 0.15) is 0 Å². The smallest absolute Gasteiger partial charge is 0.243 e. The summed E-state index contributed by atoms with van der Waals surface area (Å²) in [6.45, 7) is 1.25. The SMILES string of the molecule is O=S(=O)(c1ccc2c(c1)C1C=CCC1C(c1ccccc1Cl)N2)N1CCCCCC1. The first-order valence-corrected chi connectivity index (χ1v) is 12.7. The van der Waals surface area contributed by atoms with Crippen LogP contribution in [0.5, 0.6) is 0 Å². The number of fused-ring (bicyclic) bond motifs is 3. The first-order chi connectivity index (χ1) is 14.6. The zero-order valence-electron chi connectivity index (χ0n) is 16.9. The van der Waals surface area contributed by atoms with E-state index in [4.69, 9.17) is 11.6 Å². The number of nitrogens with one attached hydrogen (secondary N) is 1. The van der Waals surface area contributed by atoms with E-state index >= 15 is 0 Å². The van der Waals surface area contributed by atoms with Gasteiger partial charge in [0.2, 0.25) is 10.0 Å². The maximum atomic E-state index is 13.3. The van der Waals surface area contributed by atoms with Crippen LogP contribution >= 0.6 is 11.6 Å². The van der Waals surface area contributed by atoms with E-state index in [9.17, 15) is 8.42 Å². The van der Waals surface area contributed by atoms with Crippen LogP contribution in [0.1, 0.15) is 55.2 Å². The van der Waals surface area contributed by atoms with E-state index in [-0.39, 0.29) is 12.0 Å². The van der Waals surface area contributed by atoms with E-state index in [2.05, 4.69) is 23.5 Å². The average molecular weight is 443 g/mol. The molecule has 3 atom stereocenters. The first kappa shape index (κ1) is 20.1. The minimum atomic E-state index is -3.46. The van der Waals surface area contributed by atoms with Gasteiger partial charge in [-0.1, -0.05) is 54.8 Å². The molecule has 1 fully saturated rings. The molecular formula is C24H27ClN2O2S. The molecule has 0 spiro atoms. The number of halogens is 1. The van der Waals surface area contributed by atoms with Crippen LogP contribution in [0.3, 0.4) is 0 Å². The number of anilines is 1. The molecule has 6 heteroatoms. The van der Waals surface area contributed by atoms with Gasteiger partial charge in [0.05, 0.1) is 10.9 Å². The Hall–Kier alpha value is -1.82. The van der Waals surface area contributed by atoms with Crippen LogP contribution in [0.4, 0.5) is 5.69 Å². The van der Waals surface area contributed by atoms with Crippen molar-refractivity contribution in [2.45, 2.75) is 49.0 Å². The van der Waals surface area contributed by atoms with Gasteiger partial charge in [-0.15, -0.1) is 0 Å². The van der Waals surface area contributed by atoms with Gasteiger partial charge in [0.25, 0.3) is 0 Å². The second kappa shape index (κ2) is 8.03. The molecule has 2 aromatic carbocycles. The van der Waals surface area contributed by atoms with Crippen LogP contribution in [0.25, 0.3) is 0 Å². The van der Waals surface area contributed by atoms with Gasteiger partial charge in [-0.2, -0.15) is 4.31 Å². The lowest BCUT2D eigenvalue weighted by atomic mass is 9.77. The third-order valence-electron chi connectivity index (χ3n) is 6.78. The van der Waals surface area contributed by atoms with Crippen LogP contribution < -0.4 is 5.32 Å². The van der Waals surface area contributed by atoms with Crippen molar-refractivity contribution >= 4 is 27.3 Å². The monoisotopic (exact) mass is 442 g/mol. The summed E-state index contributed by atoms with van der Waals surface area (Å²) in [6, 6.07) is 13.7. The molecule has 2 aromatic rings. The van der Waals surface area contributed by atoms with Gasteiger partial charge in [-0.25, -0.2) is 8.42 Å². The van der Waals surface area contributed by atoms with E-state index in [1.165, 1.54) is 0 Å². The fraction of sp³-hybridized carbons (Fsp3) is 0.417. The molecule has 3 aliphatic rings. The van der Waals surface area contributed by atoms with E-state index in [1.54, 1.807) is 10.4 Å². The largest absolute Gasteiger partial charge is 0.378 e. The topological polar surface area (TPSA) is 49.4 Å². The van der Waals surface area contributed by atoms with Crippen LogP contribution in [-0.2, 0) is 10.0 Å². The van der Waals surface area contributed by atoms with Crippen molar-refractivity contribution in [3.8, 4) is 0 Å². The highest BCUT2D eigenvalue weighted by Gasteiger charge is 2.39. The standard InChI is InChI=1S/C24H27ClN2O2S/c25-22-11-4-3-8-20(22)24-19-10-7-9-18(19)21-16-17(12-13-23(21)26-24)30(28,29)27-14-5-1-2-6-15-27/h3-4,7-9,11-13,16,18-19,24,26H,1-2,5-6,10,14-15H2. The molecule has 0 amide bonds. The first-order valence-electron chi connectivity index (χ1n) is 10.9. The van der Waals surface area contributed by atoms with Crippen LogP contribution in [0.15, 0.2) is 59.5 Å². The number of allylic oxidation sites excluding steroid dienone is 2. The summed E-state index contributed by atoms with van der Waals surface area (Å²) in [4.78, 5) is 0.417. The molecule has 1 aliphatic carbocycles. The van der Waals surface area contributed by atoms with Gasteiger partial charge >= 0.3 is 0 Å². The van der Waals surface area contributed by atoms with Crippen LogP contribution in [0, 0.1) is 5.92 Å². The van der Waals surface area contributed by atoms with Gasteiger partial charge in [-0.3, -0.25) is 0 Å². The molecule has 5 rings (SSSR count). The van der Waals surface area contributed by atoms with Crippen molar-refractivity contribution in [3.05, 3.63) is 70.8 Å². The number of sulfonamides is 1. The predicted octanol–water partition coefficient (Wildman–Crippen LogP) is 5.73. The van der Waals surface area contributed by atoms with Gasteiger partial charge in [0, 0.05) is 29.7 Å². The molecule has 4 nitrogen and oxygen atoms in total. The lowest BCUT2D eigenvalue weighted by Crippen LogP contribution is -2.33. The van der Waals surface area contributed by atoms with E-state index < -0.39 is 10.0 Å². The minimum Gasteiger partial charge on any atom is -0.378 e. The summed E-state index contributed by atoms with van der Waals surface area (Å²) in [5, 5.41) is 4.43. The molecule has 158 valence electrons. The summed E-state index contributed by atoms with van der Waals surface area (Å²) in [6.07, 6.45) is 9.51. The van der Waals surface area contributed by atoms with E-state index in [0.29, 0.717) is 23.9 Å². The number of benzene rings is 2. The molecule has 1 saturated heterocycles. The summed E-state index contributed by atoms with van der Waals surface area (Å²) in [5.74, 6) is 0.523. The second-order valence-electron chi connectivity index (χ2n) is 8.56. The molecular weight excluding hydrogens is 416 g/mol. The van der Waals surface area contributed by atoms with Crippen LogP contribution in [0.2, 0.25) is 5.02 Å². The highest BCUT2D eigenvalue weighted by Crippen LogP contribution is 2.51. The molecule has 2 aliphatic heterocycles. The molecule has 2 heterocycles.